The molecule has 0 radical (unpaired) electrons. The van der Waals surface area contributed by atoms with Gasteiger partial charge in [0.1, 0.15) is 0 Å². The minimum absolute atomic E-state index is 0.0750. The van der Waals surface area contributed by atoms with Crippen LogP contribution in [0.4, 0.5) is 11.4 Å². The molecule has 1 aromatic rings. The van der Waals surface area contributed by atoms with Crippen molar-refractivity contribution in [3.05, 3.63) is 18.2 Å². The summed E-state index contributed by atoms with van der Waals surface area (Å²) in [7, 11) is -3.73. The quantitative estimate of drug-likeness (QED) is 0.702. The lowest BCUT2D eigenvalue weighted by atomic mass is 9.94. The van der Waals surface area contributed by atoms with Crippen molar-refractivity contribution in [3.8, 4) is 0 Å². The predicted octanol–water partition coefficient (Wildman–Crippen LogP) is 0.515. The van der Waals surface area contributed by atoms with Gasteiger partial charge in [-0.25, -0.2) is 13.6 Å². The Hall–Kier alpha value is -1.31. The standard InChI is InChI=1S/C13H21N3O3S/c14-12-4-3-11(20(15,18)19)8-13(12)16-6-1-2-10(9-16)5-7-17/h3-4,8,10,17H,1-2,5-7,9,14H2,(H2,15,18,19). The van der Waals surface area contributed by atoms with Crippen LogP contribution in [0.25, 0.3) is 0 Å². The SMILES string of the molecule is Nc1ccc(S(N)(=O)=O)cc1N1CCCC(CCO)C1. The summed E-state index contributed by atoms with van der Waals surface area (Å²) in [6.07, 6.45) is 2.83. The molecule has 2 rings (SSSR count). The number of hydrogen-bond acceptors (Lipinski definition) is 5. The molecule has 1 fully saturated rings. The molecule has 5 N–H and O–H groups in total. The van der Waals surface area contributed by atoms with E-state index in [9.17, 15) is 8.42 Å². The van der Waals surface area contributed by atoms with Gasteiger partial charge in [-0.1, -0.05) is 0 Å². The van der Waals surface area contributed by atoms with E-state index in [0.29, 0.717) is 17.3 Å². The lowest BCUT2D eigenvalue weighted by molar-refractivity contribution is 0.244. The van der Waals surface area contributed by atoms with Crippen molar-refractivity contribution in [2.24, 2.45) is 11.1 Å². The highest BCUT2D eigenvalue weighted by molar-refractivity contribution is 7.89. The van der Waals surface area contributed by atoms with Crippen molar-refractivity contribution in [1.82, 2.24) is 0 Å². The summed E-state index contributed by atoms with van der Waals surface area (Å²) < 4.78 is 22.9. The zero-order valence-corrected chi connectivity index (χ0v) is 12.1. The molecule has 1 aliphatic rings. The minimum Gasteiger partial charge on any atom is -0.397 e. The maximum Gasteiger partial charge on any atom is 0.238 e. The summed E-state index contributed by atoms with van der Waals surface area (Å²) in [6.45, 7) is 1.78. The summed E-state index contributed by atoms with van der Waals surface area (Å²) >= 11 is 0. The van der Waals surface area contributed by atoms with E-state index in [1.807, 2.05) is 0 Å². The molecule has 1 unspecified atom stereocenters. The number of hydrogen-bond donors (Lipinski definition) is 3. The van der Waals surface area contributed by atoms with Gasteiger partial charge in [-0.15, -0.1) is 0 Å². The van der Waals surface area contributed by atoms with Crippen molar-refractivity contribution in [2.45, 2.75) is 24.2 Å². The van der Waals surface area contributed by atoms with Crippen molar-refractivity contribution < 1.29 is 13.5 Å². The van der Waals surface area contributed by atoms with Crippen molar-refractivity contribution >= 4 is 21.4 Å². The third-order valence-corrected chi connectivity index (χ3v) is 4.64. The number of sulfonamides is 1. The number of aliphatic hydroxyl groups excluding tert-OH is 1. The highest BCUT2D eigenvalue weighted by Gasteiger charge is 2.22. The molecule has 0 saturated carbocycles. The van der Waals surface area contributed by atoms with Gasteiger partial charge in [-0.2, -0.15) is 0 Å². The van der Waals surface area contributed by atoms with Crippen molar-refractivity contribution in [2.75, 3.05) is 30.3 Å². The van der Waals surface area contributed by atoms with Crippen molar-refractivity contribution in [3.63, 3.8) is 0 Å². The Balaban J connectivity index is 2.27. The number of benzene rings is 1. The number of aliphatic hydroxyl groups is 1. The van der Waals surface area contributed by atoms with Crippen LogP contribution in [-0.2, 0) is 10.0 Å². The normalized spacial score (nSPS) is 20.1. The molecule has 0 bridgehead atoms. The van der Waals surface area contributed by atoms with Crippen molar-refractivity contribution in [1.29, 1.82) is 0 Å². The minimum atomic E-state index is -3.73. The number of nitrogens with zero attached hydrogens (tertiary/aromatic N) is 1. The highest BCUT2D eigenvalue weighted by atomic mass is 32.2. The summed E-state index contributed by atoms with van der Waals surface area (Å²) in [5, 5.41) is 14.2. The fourth-order valence-corrected chi connectivity index (χ4v) is 3.21. The molecule has 0 aromatic heterocycles. The maximum atomic E-state index is 11.4. The fraction of sp³-hybridized carbons (Fsp3) is 0.538. The monoisotopic (exact) mass is 299 g/mol. The largest absolute Gasteiger partial charge is 0.397 e. The van der Waals surface area contributed by atoms with E-state index >= 15 is 0 Å². The Kier molecular flexibility index (Phi) is 4.52. The van der Waals surface area contributed by atoms with Gasteiger partial charge in [-0.05, 0) is 43.4 Å². The smallest absolute Gasteiger partial charge is 0.238 e. The van der Waals surface area contributed by atoms with E-state index in [1.54, 1.807) is 6.07 Å². The first-order chi connectivity index (χ1) is 9.41. The van der Waals surface area contributed by atoms with Crippen LogP contribution in [0.5, 0.6) is 0 Å². The summed E-state index contributed by atoms with van der Waals surface area (Å²) in [6, 6.07) is 4.53. The molecule has 20 heavy (non-hydrogen) atoms. The molecule has 6 nitrogen and oxygen atoms in total. The van der Waals surface area contributed by atoms with Crippen LogP contribution in [0, 0.1) is 5.92 Å². The van der Waals surface area contributed by atoms with Crippen LogP contribution >= 0.6 is 0 Å². The van der Waals surface area contributed by atoms with Crippen LogP contribution in [0.1, 0.15) is 19.3 Å². The Morgan fingerprint density at radius 1 is 1.40 bits per heavy atom. The Morgan fingerprint density at radius 2 is 2.15 bits per heavy atom. The molecular formula is C13H21N3O3S. The van der Waals surface area contributed by atoms with E-state index in [-0.39, 0.29) is 11.5 Å². The molecule has 1 aliphatic heterocycles. The molecule has 1 saturated heterocycles. The van der Waals surface area contributed by atoms with Gasteiger partial charge >= 0.3 is 0 Å². The van der Waals surface area contributed by atoms with Gasteiger partial charge in [0.25, 0.3) is 0 Å². The third kappa shape index (κ3) is 3.41. The zero-order valence-electron chi connectivity index (χ0n) is 11.3. The summed E-state index contributed by atoms with van der Waals surface area (Å²) in [5.41, 5.74) is 7.21. The number of primary sulfonamides is 1. The molecule has 0 spiro atoms. The van der Waals surface area contributed by atoms with Crippen LogP contribution in [0.3, 0.4) is 0 Å². The first-order valence-corrected chi connectivity index (χ1v) is 8.24. The third-order valence-electron chi connectivity index (χ3n) is 3.73. The predicted molar refractivity (Wildman–Crippen MR) is 78.9 cm³/mol. The number of nitrogen functional groups attached to an aromatic ring is 1. The van der Waals surface area contributed by atoms with Crippen LogP contribution in [-0.4, -0.2) is 33.2 Å². The van der Waals surface area contributed by atoms with Gasteiger partial charge in [0.2, 0.25) is 10.0 Å². The molecule has 0 aliphatic carbocycles. The Labute approximate surface area is 119 Å². The van der Waals surface area contributed by atoms with Crippen LogP contribution in [0.15, 0.2) is 23.1 Å². The number of piperidine rings is 1. The summed E-state index contributed by atoms with van der Waals surface area (Å²) in [5.74, 6) is 0.409. The van der Waals surface area contributed by atoms with Crippen LogP contribution in [0.2, 0.25) is 0 Å². The second-order valence-corrected chi connectivity index (χ2v) is 6.79. The van der Waals surface area contributed by atoms with Gasteiger partial charge in [0, 0.05) is 19.7 Å². The van der Waals surface area contributed by atoms with E-state index in [0.717, 1.165) is 32.4 Å². The maximum absolute atomic E-state index is 11.4. The lowest BCUT2D eigenvalue weighted by Gasteiger charge is -2.35. The molecular weight excluding hydrogens is 278 g/mol. The average molecular weight is 299 g/mol. The molecule has 0 amide bonds. The second kappa shape index (κ2) is 5.99. The Morgan fingerprint density at radius 3 is 2.80 bits per heavy atom. The lowest BCUT2D eigenvalue weighted by Crippen LogP contribution is -2.36. The zero-order chi connectivity index (χ0) is 14.8. The number of nitrogens with two attached hydrogens (primary N) is 2. The van der Waals surface area contributed by atoms with Gasteiger partial charge in [-0.3, -0.25) is 0 Å². The van der Waals surface area contributed by atoms with E-state index < -0.39 is 10.0 Å². The molecule has 1 atom stereocenters. The van der Waals surface area contributed by atoms with E-state index in [2.05, 4.69) is 4.90 Å². The van der Waals surface area contributed by atoms with Gasteiger partial charge in [0.05, 0.1) is 16.3 Å². The molecule has 1 heterocycles. The fourth-order valence-electron chi connectivity index (χ4n) is 2.68. The van der Waals surface area contributed by atoms with Gasteiger partial charge < -0.3 is 15.7 Å². The van der Waals surface area contributed by atoms with Gasteiger partial charge in [0.15, 0.2) is 0 Å². The summed E-state index contributed by atoms with van der Waals surface area (Å²) in [4.78, 5) is 2.15. The van der Waals surface area contributed by atoms with Crippen LogP contribution < -0.4 is 15.8 Å². The van der Waals surface area contributed by atoms with E-state index in [1.165, 1.54) is 12.1 Å². The molecule has 1 aromatic carbocycles. The number of anilines is 2. The second-order valence-electron chi connectivity index (χ2n) is 5.23. The number of rotatable bonds is 4. The first-order valence-electron chi connectivity index (χ1n) is 6.70. The Bertz CT molecular complexity index is 572. The topological polar surface area (TPSA) is 110 Å². The first kappa shape index (κ1) is 15.1. The average Bonchev–Trinajstić information content (AvgIpc) is 2.38. The highest BCUT2D eigenvalue weighted by Crippen LogP contribution is 2.30. The molecule has 7 heteroatoms. The molecule has 112 valence electrons. The van der Waals surface area contributed by atoms with E-state index in [4.69, 9.17) is 16.0 Å².